The minimum Gasteiger partial charge on any atom is -0.392 e. The maximum Gasteiger partial charge on any atom is 0.0682 e. The molecule has 0 bridgehead atoms. The normalized spacial score (nSPS) is 16.1. The van der Waals surface area contributed by atoms with Crippen molar-refractivity contribution >= 4 is 17.3 Å². The largest absolute Gasteiger partial charge is 0.392 e. The lowest BCUT2D eigenvalue weighted by molar-refractivity contribution is 0.282. The van der Waals surface area contributed by atoms with E-state index in [1.165, 1.54) is 32.1 Å². The van der Waals surface area contributed by atoms with Gasteiger partial charge in [-0.05, 0) is 42.9 Å². The van der Waals surface area contributed by atoms with E-state index in [0.29, 0.717) is 12.0 Å². The zero-order chi connectivity index (χ0) is 14.5. The molecule has 1 saturated carbocycles. The van der Waals surface area contributed by atoms with Crippen molar-refractivity contribution in [2.24, 2.45) is 5.92 Å². The van der Waals surface area contributed by atoms with Crippen LogP contribution in [-0.4, -0.2) is 17.7 Å². The Morgan fingerprint density at radius 3 is 2.55 bits per heavy atom. The number of hydrogen-bond acceptors (Lipinski definition) is 2. The summed E-state index contributed by atoms with van der Waals surface area (Å²) in [6.45, 7) is 5.66. The number of nitrogens with zero attached hydrogens (tertiary/aromatic N) is 1. The molecular weight excluding hydrogens is 270 g/mol. The highest BCUT2D eigenvalue weighted by atomic mass is 35.5. The van der Waals surface area contributed by atoms with Gasteiger partial charge in [-0.25, -0.2) is 0 Å². The Hall–Kier alpha value is -0.730. The summed E-state index contributed by atoms with van der Waals surface area (Å²) in [6, 6.07) is 6.59. The van der Waals surface area contributed by atoms with Crippen LogP contribution in [0.25, 0.3) is 0 Å². The van der Waals surface area contributed by atoms with Gasteiger partial charge in [0.1, 0.15) is 0 Å². The van der Waals surface area contributed by atoms with Crippen LogP contribution in [0.1, 0.15) is 51.5 Å². The lowest BCUT2D eigenvalue weighted by Gasteiger charge is -2.32. The molecule has 0 unspecified atom stereocenters. The van der Waals surface area contributed by atoms with Crippen molar-refractivity contribution < 1.29 is 5.11 Å². The van der Waals surface area contributed by atoms with E-state index in [2.05, 4.69) is 24.8 Å². The van der Waals surface area contributed by atoms with Gasteiger partial charge in [-0.15, -0.1) is 0 Å². The first-order chi connectivity index (χ1) is 9.61. The summed E-state index contributed by atoms with van der Waals surface area (Å²) in [7, 11) is 0. The molecule has 0 amide bonds. The molecule has 0 radical (unpaired) electrons. The van der Waals surface area contributed by atoms with Crippen molar-refractivity contribution in [2.75, 3.05) is 11.4 Å². The highest BCUT2D eigenvalue weighted by Crippen LogP contribution is 2.34. The first-order valence-corrected chi connectivity index (χ1v) is 8.15. The van der Waals surface area contributed by atoms with Gasteiger partial charge in [0.15, 0.2) is 0 Å². The minimum atomic E-state index is 0.0510. The molecule has 112 valence electrons. The Morgan fingerprint density at radius 2 is 2.00 bits per heavy atom. The van der Waals surface area contributed by atoms with Crippen LogP contribution in [0.15, 0.2) is 18.2 Å². The van der Waals surface area contributed by atoms with Crippen LogP contribution in [0.5, 0.6) is 0 Å². The van der Waals surface area contributed by atoms with Crippen LogP contribution in [0.4, 0.5) is 5.69 Å². The molecule has 1 aromatic carbocycles. The van der Waals surface area contributed by atoms with Gasteiger partial charge in [-0.3, -0.25) is 0 Å². The number of aliphatic hydroxyl groups is 1. The molecule has 0 heterocycles. The van der Waals surface area contributed by atoms with E-state index >= 15 is 0 Å². The van der Waals surface area contributed by atoms with Crippen LogP contribution in [0, 0.1) is 5.92 Å². The van der Waals surface area contributed by atoms with Crippen molar-refractivity contribution in [3.05, 3.63) is 28.8 Å². The highest BCUT2D eigenvalue weighted by Gasteiger charge is 2.24. The Kier molecular flexibility index (Phi) is 5.74. The van der Waals surface area contributed by atoms with E-state index in [1.807, 2.05) is 12.1 Å². The summed E-state index contributed by atoms with van der Waals surface area (Å²) in [5.41, 5.74) is 2.02. The Balaban J connectivity index is 2.20. The predicted molar refractivity (Wildman–Crippen MR) is 86.4 cm³/mol. The topological polar surface area (TPSA) is 23.5 Å². The van der Waals surface area contributed by atoms with Gasteiger partial charge in [-0.1, -0.05) is 44.4 Å². The zero-order valence-electron chi connectivity index (χ0n) is 12.6. The van der Waals surface area contributed by atoms with Gasteiger partial charge >= 0.3 is 0 Å². The summed E-state index contributed by atoms with van der Waals surface area (Å²) in [4.78, 5) is 2.50. The number of aliphatic hydroxyl groups excluding tert-OH is 1. The fourth-order valence-corrected chi connectivity index (χ4v) is 3.31. The first kappa shape index (κ1) is 15.7. The molecule has 0 saturated heterocycles. The molecule has 1 N–H and O–H groups in total. The third-order valence-electron chi connectivity index (χ3n) is 4.22. The molecule has 0 spiro atoms. The fraction of sp³-hybridized carbons (Fsp3) is 0.647. The van der Waals surface area contributed by atoms with Gasteiger partial charge in [0.25, 0.3) is 0 Å². The smallest absolute Gasteiger partial charge is 0.0682 e. The van der Waals surface area contributed by atoms with E-state index in [9.17, 15) is 5.11 Å². The first-order valence-electron chi connectivity index (χ1n) is 7.77. The van der Waals surface area contributed by atoms with Crippen molar-refractivity contribution in [1.29, 1.82) is 0 Å². The summed E-state index contributed by atoms with van der Waals surface area (Å²) in [5.74, 6) is 0.703. The second kappa shape index (κ2) is 7.33. The molecule has 2 nitrogen and oxygen atoms in total. The summed E-state index contributed by atoms with van der Waals surface area (Å²) in [6.07, 6.45) is 6.39. The van der Waals surface area contributed by atoms with Crippen LogP contribution in [-0.2, 0) is 6.61 Å². The quantitative estimate of drug-likeness (QED) is 0.827. The van der Waals surface area contributed by atoms with E-state index < -0.39 is 0 Å². The standard InChI is InChI=1S/C17H26ClNO/c1-13(2)9-10-19(15-5-3-4-6-15)17-8-7-14(12-20)11-16(17)18/h7-8,11,13,15,20H,3-6,9-10,12H2,1-2H3. The Labute approximate surface area is 127 Å². The average molecular weight is 296 g/mol. The SMILES string of the molecule is CC(C)CCN(c1ccc(CO)cc1Cl)C1CCCC1. The molecule has 2 rings (SSSR count). The third-order valence-corrected chi connectivity index (χ3v) is 4.52. The van der Waals surface area contributed by atoms with Crippen molar-refractivity contribution in [1.82, 2.24) is 0 Å². The lowest BCUT2D eigenvalue weighted by atomic mass is 10.1. The second-order valence-electron chi connectivity index (χ2n) is 6.26. The average Bonchev–Trinajstić information content (AvgIpc) is 2.94. The number of halogens is 1. The van der Waals surface area contributed by atoms with Crippen molar-refractivity contribution in [2.45, 2.75) is 58.6 Å². The second-order valence-corrected chi connectivity index (χ2v) is 6.67. The van der Waals surface area contributed by atoms with Crippen molar-refractivity contribution in [3.63, 3.8) is 0 Å². The van der Waals surface area contributed by atoms with Crippen LogP contribution in [0.3, 0.4) is 0 Å². The molecule has 1 aliphatic rings. The van der Waals surface area contributed by atoms with Gasteiger partial charge in [0, 0.05) is 12.6 Å². The Bertz CT molecular complexity index is 427. The molecule has 0 atom stereocenters. The molecule has 1 aliphatic carbocycles. The number of benzene rings is 1. The van der Waals surface area contributed by atoms with E-state index in [1.54, 1.807) is 0 Å². The van der Waals surface area contributed by atoms with Crippen LogP contribution in [0.2, 0.25) is 5.02 Å². The number of anilines is 1. The van der Waals surface area contributed by atoms with Crippen LogP contribution >= 0.6 is 11.6 Å². The molecule has 0 aliphatic heterocycles. The fourth-order valence-electron chi connectivity index (χ4n) is 2.99. The van der Waals surface area contributed by atoms with E-state index in [-0.39, 0.29) is 6.61 Å². The molecule has 0 aromatic heterocycles. The minimum absolute atomic E-state index is 0.0510. The van der Waals surface area contributed by atoms with Gasteiger partial charge in [0.05, 0.1) is 17.3 Å². The predicted octanol–water partition coefficient (Wildman–Crippen LogP) is 4.63. The van der Waals surface area contributed by atoms with Crippen LogP contribution < -0.4 is 4.90 Å². The maximum atomic E-state index is 9.21. The molecule has 20 heavy (non-hydrogen) atoms. The van der Waals surface area contributed by atoms with E-state index in [4.69, 9.17) is 11.6 Å². The summed E-state index contributed by atoms with van der Waals surface area (Å²) < 4.78 is 0. The van der Waals surface area contributed by atoms with Gasteiger partial charge < -0.3 is 10.0 Å². The molecule has 1 aromatic rings. The Morgan fingerprint density at radius 1 is 1.30 bits per heavy atom. The van der Waals surface area contributed by atoms with Gasteiger partial charge in [0.2, 0.25) is 0 Å². The molecular formula is C17H26ClNO. The zero-order valence-corrected chi connectivity index (χ0v) is 13.4. The number of hydrogen-bond donors (Lipinski definition) is 1. The van der Waals surface area contributed by atoms with Gasteiger partial charge in [-0.2, -0.15) is 0 Å². The van der Waals surface area contributed by atoms with Crippen molar-refractivity contribution in [3.8, 4) is 0 Å². The van der Waals surface area contributed by atoms with E-state index in [0.717, 1.165) is 22.8 Å². The maximum absolute atomic E-state index is 9.21. The monoisotopic (exact) mass is 295 g/mol. The highest BCUT2D eigenvalue weighted by molar-refractivity contribution is 6.33. The molecule has 3 heteroatoms. The number of rotatable bonds is 6. The molecule has 1 fully saturated rings. The summed E-state index contributed by atoms with van der Waals surface area (Å²) in [5, 5.41) is 9.98. The third kappa shape index (κ3) is 3.89. The summed E-state index contributed by atoms with van der Waals surface area (Å²) >= 11 is 6.44. The lowest BCUT2D eigenvalue weighted by Crippen LogP contribution is -2.35.